The summed E-state index contributed by atoms with van der Waals surface area (Å²) >= 11 is 0. The largest absolute Gasteiger partial charge is 0.301 e. The summed E-state index contributed by atoms with van der Waals surface area (Å²) in [6, 6.07) is 59.9. The fourth-order valence-electron chi connectivity index (χ4n) is 7.55. The number of benzene rings is 7. The lowest BCUT2D eigenvalue weighted by Crippen LogP contribution is -2.41. The Morgan fingerprint density at radius 2 is 1.11 bits per heavy atom. The van der Waals surface area contributed by atoms with Crippen LogP contribution in [0.3, 0.4) is 0 Å². The number of fused-ring (bicyclic) bond motifs is 6. The van der Waals surface area contributed by atoms with Crippen LogP contribution in [-0.2, 0) is 6.54 Å². The van der Waals surface area contributed by atoms with E-state index in [0.717, 1.165) is 62.1 Å². The predicted octanol–water partition coefficient (Wildman–Crippen LogP) is 10.4. The van der Waals surface area contributed by atoms with E-state index < -0.39 is 0 Å². The van der Waals surface area contributed by atoms with Crippen LogP contribution in [0, 0.1) is 0 Å². The summed E-state index contributed by atoms with van der Waals surface area (Å²) in [5.74, 6) is 0.899. The molecule has 3 N–H and O–H groups in total. The summed E-state index contributed by atoms with van der Waals surface area (Å²) in [5.41, 5.74) is 10.0. The molecule has 2 aromatic heterocycles. The summed E-state index contributed by atoms with van der Waals surface area (Å²) in [7, 11) is 1.99. The van der Waals surface area contributed by atoms with Gasteiger partial charge >= 0.3 is 0 Å². The Morgan fingerprint density at radius 3 is 1.81 bits per heavy atom. The van der Waals surface area contributed by atoms with E-state index in [9.17, 15) is 0 Å². The Kier molecular flexibility index (Phi) is 9.21. The second kappa shape index (κ2) is 14.9. The Hall–Kier alpha value is -6.44. The maximum absolute atomic E-state index is 5.37. The molecule has 2 unspecified atom stereocenters. The van der Waals surface area contributed by atoms with Gasteiger partial charge in [-0.05, 0) is 63.8 Å². The van der Waals surface area contributed by atoms with E-state index in [4.69, 9.17) is 4.98 Å². The highest BCUT2D eigenvalue weighted by atomic mass is 15.2. The zero-order chi connectivity index (χ0) is 36.3. The van der Waals surface area contributed by atoms with Crippen LogP contribution in [0.1, 0.15) is 29.0 Å². The first-order valence-corrected chi connectivity index (χ1v) is 18.4. The number of imidazole rings is 1. The number of nitrogens with zero attached hydrogens (tertiary/aromatic N) is 3. The van der Waals surface area contributed by atoms with Crippen LogP contribution in [-0.4, -0.2) is 21.6 Å². The number of pyridine rings is 1. The van der Waals surface area contributed by atoms with Gasteiger partial charge in [-0.3, -0.25) is 20.2 Å². The lowest BCUT2D eigenvalue weighted by atomic mass is 10.0. The maximum atomic E-state index is 5.37. The molecular formula is C48H40N6. The van der Waals surface area contributed by atoms with Crippen LogP contribution in [0.2, 0.25) is 0 Å². The van der Waals surface area contributed by atoms with E-state index in [1.807, 2.05) is 25.5 Å². The molecule has 262 valence electrons. The number of rotatable bonds is 11. The van der Waals surface area contributed by atoms with Crippen LogP contribution in [0.4, 0.5) is 0 Å². The van der Waals surface area contributed by atoms with Gasteiger partial charge in [0.2, 0.25) is 0 Å². The minimum atomic E-state index is -0.0902. The summed E-state index contributed by atoms with van der Waals surface area (Å²) in [6.07, 6.45) is 3.69. The van der Waals surface area contributed by atoms with Crippen molar-refractivity contribution in [3.63, 3.8) is 0 Å². The molecule has 0 fully saturated rings. The SMILES string of the molecule is CNC(NC(NCc1ccccc1)c1ccc(-c2ccc(-c3nc4c5cnccc5c5ccccc5c4n3-c3ccccc3)cc2)cc1)c1ccccc1. The molecule has 2 heterocycles. The van der Waals surface area contributed by atoms with E-state index >= 15 is 0 Å². The van der Waals surface area contributed by atoms with Crippen molar-refractivity contribution in [1.29, 1.82) is 0 Å². The topological polar surface area (TPSA) is 66.8 Å². The smallest absolute Gasteiger partial charge is 0.145 e. The number of nitrogens with one attached hydrogen (secondary N) is 3. The first-order chi connectivity index (χ1) is 26.7. The maximum Gasteiger partial charge on any atom is 0.145 e. The van der Waals surface area contributed by atoms with Gasteiger partial charge in [0, 0.05) is 41.0 Å². The van der Waals surface area contributed by atoms with E-state index in [-0.39, 0.29) is 12.3 Å². The van der Waals surface area contributed by atoms with Crippen LogP contribution < -0.4 is 16.0 Å². The van der Waals surface area contributed by atoms with Gasteiger partial charge < -0.3 is 5.32 Å². The molecule has 9 rings (SSSR count). The molecule has 0 spiro atoms. The van der Waals surface area contributed by atoms with Crippen molar-refractivity contribution >= 4 is 32.6 Å². The van der Waals surface area contributed by atoms with E-state index in [1.54, 1.807) is 0 Å². The monoisotopic (exact) mass is 700 g/mol. The molecule has 0 aliphatic carbocycles. The predicted molar refractivity (Wildman–Crippen MR) is 222 cm³/mol. The van der Waals surface area contributed by atoms with Gasteiger partial charge in [-0.15, -0.1) is 0 Å². The Labute approximate surface area is 315 Å². The molecule has 0 saturated heterocycles. The van der Waals surface area contributed by atoms with Gasteiger partial charge in [0.05, 0.1) is 23.4 Å². The molecule has 0 aliphatic heterocycles. The molecule has 6 heteroatoms. The van der Waals surface area contributed by atoms with Crippen molar-refractivity contribution in [2.75, 3.05) is 7.05 Å². The lowest BCUT2D eigenvalue weighted by molar-refractivity contribution is 0.353. The van der Waals surface area contributed by atoms with Gasteiger partial charge in [-0.2, -0.15) is 0 Å². The Balaban J connectivity index is 1.06. The zero-order valence-corrected chi connectivity index (χ0v) is 30.0. The minimum absolute atomic E-state index is 0.0287. The minimum Gasteiger partial charge on any atom is -0.301 e. The number of aromatic nitrogens is 3. The van der Waals surface area contributed by atoms with Gasteiger partial charge in [0.1, 0.15) is 5.82 Å². The van der Waals surface area contributed by atoms with E-state index in [1.165, 1.54) is 21.9 Å². The fourth-order valence-corrected chi connectivity index (χ4v) is 7.55. The van der Waals surface area contributed by atoms with Crippen molar-refractivity contribution in [3.05, 3.63) is 199 Å². The van der Waals surface area contributed by atoms with Gasteiger partial charge in [-0.25, -0.2) is 4.98 Å². The zero-order valence-electron chi connectivity index (χ0n) is 30.0. The number of para-hydroxylation sites is 1. The third kappa shape index (κ3) is 6.44. The average Bonchev–Trinajstić information content (AvgIpc) is 3.66. The molecule has 0 saturated carbocycles. The fraction of sp³-hybridized carbons (Fsp3) is 0.0833. The van der Waals surface area contributed by atoms with Crippen molar-refractivity contribution < 1.29 is 0 Å². The van der Waals surface area contributed by atoms with E-state index in [0.29, 0.717) is 0 Å². The van der Waals surface area contributed by atoms with Crippen LogP contribution in [0.25, 0.3) is 60.8 Å². The molecule has 2 atom stereocenters. The highest BCUT2D eigenvalue weighted by Gasteiger charge is 2.21. The quantitative estimate of drug-likeness (QED) is 0.0926. The Morgan fingerprint density at radius 1 is 0.537 bits per heavy atom. The van der Waals surface area contributed by atoms with Crippen LogP contribution in [0.15, 0.2) is 182 Å². The van der Waals surface area contributed by atoms with Crippen molar-refractivity contribution in [3.8, 4) is 28.2 Å². The summed E-state index contributed by atoms with van der Waals surface area (Å²) in [4.78, 5) is 9.88. The summed E-state index contributed by atoms with van der Waals surface area (Å²) in [6.45, 7) is 0.739. The average molecular weight is 701 g/mol. The molecule has 0 aliphatic rings. The normalized spacial score (nSPS) is 12.7. The molecule has 7 aromatic carbocycles. The molecule has 0 radical (unpaired) electrons. The Bertz CT molecular complexity index is 2650. The van der Waals surface area contributed by atoms with Crippen molar-refractivity contribution in [1.82, 2.24) is 30.5 Å². The molecule has 0 amide bonds. The summed E-state index contributed by atoms with van der Waals surface area (Å²) < 4.78 is 2.30. The molecule has 54 heavy (non-hydrogen) atoms. The van der Waals surface area contributed by atoms with Crippen LogP contribution >= 0.6 is 0 Å². The van der Waals surface area contributed by atoms with Gasteiger partial charge in [0.25, 0.3) is 0 Å². The van der Waals surface area contributed by atoms with Crippen molar-refractivity contribution in [2.45, 2.75) is 18.9 Å². The third-order valence-corrected chi connectivity index (χ3v) is 10.3. The van der Waals surface area contributed by atoms with Gasteiger partial charge in [0.15, 0.2) is 0 Å². The highest BCUT2D eigenvalue weighted by Crippen LogP contribution is 2.39. The number of hydrogen-bond donors (Lipinski definition) is 3. The summed E-state index contributed by atoms with van der Waals surface area (Å²) in [5, 5.41) is 15.6. The first kappa shape index (κ1) is 33.4. The highest BCUT2D eigenvalue weighted by molar-refractivity contribution is 6.24. The molecule has 9 aromatic rings. The first-order valence-electron chi connectivity index (χ1n) is 18.4. The molecule has 0 bridgehead atoms. The number of hydrogen-bond acceptors (Lipinski definition) is 5. The van der Waals surface area contributed by atoms with Crippen LogP contribution in [0.5, 0.6) is 0 Å². The van der Waals surface area contributed by atoms with E-state index in [2.05, 4.69) is 189 Å². The standard InChI is InChI=1S/C48H40N6/c1-49-46(36-15-7-3-8-16-36)53-47(51-31-33-13-5-2-6-14-33)37-25-21-34(22-26-37)35-23-27-38(28-24-35)48-52-44-43-32-50-30-29-41(43)40-19-11-12-20-42(40)45(44)54(48)39-17-9-4-10-18-39/h2-30,32,46-47,49,51,53H,31H2,1H3. The molecular weight excluding hydrogens is 661 g/mol. The third-order valence-electron chi connectivity index (χ3n) is 10.3. The lowest BCUT2D eigenvalue weighted by Gasteiger charge is -2.27. The van der Waals surface area contributed by atoms with Crippen molar-refractivity contribution in [2.24, 2.45) is 0 Å². The van der Waals surface area contributed by atoms with Gasteiger partial charge in [-0.1, -0.05) is 152 Å². The second-order valence-electron chi connectivity index (χ2n) is 13.6. The molecule has 6 nitrogen and oxygen atoms in total. The second-order valence-corrected chi connectivity index (χ2v) is 13.6.